The molecule has 1 aromatic rings. The molecule has 0 aliphatic carbocycles. The van der Waals surface area contributed by atoms with Crippen molar-refractivity contribution in [3.05, 3.63) is 53.1 Å². The normalized spacial score (nSPS) is 11.2. The number of aryl methyl sites for hydroxylation is 1. The molecule has 0 saturated carbocycles. The summed E-state index contributed by atoms with van der Waals surface area (Å²) in [4.78, 5) is 0. The molecule has 98 valence electrons. The Morgan fingerprint density at radius 2 is 1.94 bits per heavy atom. The van der Waals surface area contributed by atoms with Crippen LogP contribution in [0.2, 0.25) is 0 Å². The molecule has 0 bridgehead atoms. The van der Waals surface area contributed by atoms with Gasteiger partial charge in [0, 0.05) is 12.2 Å². The molecule has 0 heterocycles. The highest BCUT2D eigenvalue weighted by Gasteiger charge is 1.91. The van der Waals surface area contributed by atoms with E-state index in [9.17, 15) is 0 Å². The number of anilines is 1. The van der Waals surface area contributed by atoms with Crippen LogP contribution in [0.5, 0.6) is 0 Å². The van der Waals surface area contributed by atoms with Crippen LogP contribution in [-0.2, 0) is 0 Å². The van der Waals surface area contributed by atoms with Crippen molar-refractivity contribution in [3.63, 3.8) is 0 Å². The van der Waals surface area contributed by atoms with Crippen LogP contribution in [0.15, 0.2) is 47.6 Å². The van der Waals surface area contributed by atoms with Crippen LogP contribution in [-0.4, -0.2) is 6.54 Å². The van der Waals surface area contributed by atoms with E-state index in [1.165, 1.54) is 22.4 Å². The minimum atomic E-state index is 0.907. The highest BCUT2D eigenvalue weighted by atomic mass is 14.8. The molecule has 0 amide bonds. The van der Waals surface area contributed by atoms with Crippen LogP contribution >= 0.6 is 0 Å². The number of benzene rings is 1. The molecule has 0 aliphatic rings. The number of allylic oxidation sites excluding steroid dienone is 3. The molecule has 0 atom stereocenters. The second kappa shape index (κ2) is 7.75. The predicted octanol–water partition coefficient (Wildman–Crippen LogP) is 5.10. The Labute approximate surface area is 112 Å². The first-order valence-electron chi connectivity index (χ1n) is 6.67. The Morgan fingerprint density at radius 3 is 2.61 bits per heavy atom. The molecule has 1 heteroatoms. The molecular formula is C17H25N. The van der Waals surface area contributed by atoms with E-state index in [2.05, 4.69) is 69.4 Å². The second-order valence-corrected chi connectivity index (χ2v) is 5.12. The summed E-state index contributed by atoms with van der Waals surface area (Å²) in [6.07, 6.45) is 6.88. The van der Waals surface area contributed by atoms with E-state index in [0.717, 1.165) is 19.4 Å². The third-order valence-corrected chi connectivity index (χ3v) is 2.87. The summed E-state index contributed by atoms with van der Waals surface area (Å²) < 4.78 is 0. The van der Waals surface area contributed by atoms with Gasteiger partial charge < -0.3 is 5.32 Å². The highest BCUT2D eigenvalue weighted by Crippen LogP contribution is 2.10. The third-order valence-electron chi connectivity index (χ3n) is 2.87. The lowest BCUT2D eigenvalue weighted by Crippen LogP contribution is -1.99. The molecule has 18 heavy (non-hydrogen) atoms. The van der Waals surface area contributed by atoms with Crippen LogP contribution in [0, 0.1) is 6.92 Å². The van der Waals surface area contributed by atoms with Gasteiger partial charge in [-0.1, -0.05) is 35.4 Å². The van der Waals surface area contributed by atoms with Gasteiger partial charge in [-0.3, -0.25) is 0 Å². The average molecular weight is 243 g/mol. The molecule has 1 aromatic carbocycles. The first kappa shape index (κ1) is 14.6. The number of hydrogen-bond acceptors (Lipinski definition) is 1. The van der Waals surface area contributed by atoms with Crippen molar-refractivity contribution in [1.29, 1.82) is 0 Å². The van der Waals surface area contributed by atoms with Crippen molar-refractivity contribution in [2.24, 2.45) is 0 Å². The molecule has 0 radical (unpaired) electrons. The summed E-state index contributed by atoms with van der Waals surface area (Å²) in [6, 6.07) is 8.49. The molecule has 0 unspecified atom stereocenters. The lowest BCUT2D eigenvalue weighted by Gasteiger charge is -2.05. The van der Waals surface area contributed by atoms with Crippen molar-refractivity contribution in [2.45, 2.75) is 40.5 Å². The topological polar surface area (TPSA) is 12.0 Å². The molecular weight excluding hydrogens is 218 g/mol. The molecule has 1 nitrogen and oxygen atoms in total. The van der Waals surface area contributed by atoms with Crippen molar-refractivity contribution < 1.29 is 0 Å². The van der Waals surface area contributed by atoms with Gasteiger partial charge in [-0.15, -0.1) is 0 Å². The molecule has 0 saturated heterocycles. The van der Waals surface area contributed by atoms with Crippen LogP contribution in [0.4, 0.5) is 5.69 Å². The maximum absolute atomic E-state index is 3.42. The summed E-state index contributed by atoms with van der Waals surface area (Å²) in [5.74, 6) is 0. The Balaban J connectivity index is 2.33. The number of nitrogens with one attached hydrogen (secondary N) is 1. The summed E-state index contributed by atoms with van der Waals surface area (Å²) in [5, 5.41) is 3.42. The monoisotopic (exact) mass is 243 g/mol. The number of hydrogen-bond donors (Lipinski definition) is 1. The van der Waals surface area contributed by atoms with Crippen molar-refractivity contribution in [3.8, 4) is 0 Å². The Kier molecular flexibility index (Phi) is 6.27. The Morgan fingerprint density at radius 1 is 1.17 bits per heavy atom. The van der Waals surface area contributed by atoms with Crippen LogP contribution in [0.1, 0.15) is 39.2 Å². The van der Waals surface area contributed by atoms with Gasteiger partial charge in [-0.05, 0) is 58.2 Å². The second-order valence-electron chi connectivity index (χ2n) is 5.12. The lowest BCUT2D eigenvalue weighted by atomic mass is 10.1. The van der Waals surface area contributed by atoms with Crippen LogP contribution < -0.4 is 5.32 Å². The molecule has 0 spiro atoms. The fraction of sp³-hybridized carbons (Fsp3) is 0.412. The van der Waals surface area contributed by atoms with Gasteiger partial charge in [0.1, 0.15) is 0 Å². The zero-order chi connectivity index (χ0) is 13.4. The molecule has 1 N–H and O–H groups in total. The van der Waals surface area contributed by atoms with Crippen molar-refractivity contribution in [1.82, 2.24) is 0 Å². The van der Waals surface area contributed by atoms with Gasteiger partial charge >= 0.3 is 0 Å². The maximum atomic E-state index is 3.42. The molecule has 0 fully saturated rings. The standard InChI is InChI=1S/C17H25N/c1-14(2)7-5-8-15(3)11-12-18-17-10-6-9-16(4)13-17/h6-7,9-11,13,18H,5,8,12H2,1-4H3/b15-11+. The van der Waals surface area contributed by atoms with E-state index in [4.69, 9.17) is 0 Å². The van der Waals surface area contributed by atoms with E-state index in [1.807, 2.05) is 0 Å². The summed E-state index contributed by atoms with van der Waals surface area (Å²) in [6.45, 7) is 9.53. The average Bonchev–Trinajstić information content (AvgIpc) is 2.28. The van der Waals surface area contributed by atoms with Gasteiger partial charge in [0.25, 0.3) is 0 Å². The first-order valence-corrected chi connectivity index (χ1v) is 6.67. The fourth-order valence-corrected chi connectivity index (χ4v) is 1.79. The smallest absolute Gasteiger partial charge is 0.0345 e. The van der Waals surface area contributed by atoms with Crippen molar-refractivity contribution >= 4 is 5.69 Å². The summed E-state index contributed by atoms with van der Waals surface area (Å²) >= 11 is 0. The minimum Gasteiger partial charge on any atom is -0.382 e. The van der Waals surface area contributed by atoms with E-state index in [0.29, 0.717) is 0 Å². The highest BCUT2D eigenvalue weighted by molar-refractivity contribution is 5.45. The quantitative estimate of drug-likeness (QED) is 0.685. The van der Waals surface area contributed by atoms with Gasteiger partial charge in [0.05, 0.1) is 0 Å². The fourth-order valence-electron chi connectivity index (χ4n) is 1.79. The lowest BCUT2D eigenvalue weighted by molar-refractivity contribution is 0.959. The van der Waals surface area contributed by atoms with E-state index in [1.54, 1.807) is 0 Å². The van der Waals surface area contributed by atoms with Gasteiger partial charge in [-0.25, -0.2) is 0 Å². The summed E-state index contributed by atoms with van der Waals surface area (Å²) in [5.41, 5.74) is 5.35. The molecule has 0 aliphatic heterocycles. The number of rotatable bonds is 6. The molecule has 1 rings (SSSR count). The minimum absolute atomic E-state index is 0.907. The predicted molar refractivity (Wildman–Crippen MR) is 82.1 cm³/mol. The zero-order valence-corrected chi connectivity index (χ0v) is 12.1. The van der Waals surface area contributed by atoms with E-state index >= 15 is 0 Å². The Hall–Kier alpha value is -1.50. The van der Waals surface area contributed by atoms with E-state index in [-0.39, 0.29) is 0 Å². The van der Waals surface area contributed by atoms with Crippen LogP contribution in [0.25, 0.3) is 0 Å². The zero-order valence-electron chi connectivity index (χ0n) is 12.1. The first-order chi connectivity index (χ1) is 8.58. The van der Waals surface area contributed by atoms with Gasteiger partial charge in [0.2, 0.25) is 0 Å². The maximum Gasteiger partial charge on any atom is 0.0345 e. The van der Waals surface area contributed by atoms with E-state index < -0.39 is 0 Å². The van der Waals surface area contributed by atoms with Gasteiger partial charge in [0.15, 0.2) is 0 Å². The Bertz CT molecular complexity index is 423. The van der Waals surface area contributed by atoms with Gasteiger partial charge in [-0.2, -0.15) is 0 Å². The van der Waals surface area contributed by atoms with Crippen LogP contribution in [0.3, 0.4) is 0 Å². The van der Waals surface area contributed by atoms with Crippen molar-refractivity contribution in [2.75, 3.05) is 11.9 Å². The molecule has 0 aromatic heterocycles. The largest absolute Gasteiger partial charge is 0.382 e. The third kappa shape index (κ3) is 6.29. The summed E-state index contributed by atoms with van der Waals surface area (Å²) in [7, 11) is 0. The SMILES string of the molecule is CC(C)=CCC/C(C)=C/CNc1cccc(C)c1.